The number of rotatable bonds is 5. The Morgan fingerprint density at radius 3 is 2.30 bits per heavy atom. The van der Waals surface area contributed by atoms with Crippen molar-refractivity contribution in [3.05, 3.63) is 88.9 Å². The molecule has 4 aromatic rings. The zero-order chi connectivity index (χ0) is 23.0. The van der Waals surface area contributed by atoms with Crippen LogP contribution >= 0.6 is 11.6 Å². The van der Waals surface area contributed by atoms with E-state index in [0.29, 0.717) is 42.6 Å². The Labute approximate surface area is 199 Å². The lowest BCUT2D eigenvalue weighted by molar-refractivity contribution is 0.381. The highest BCUT2D eigenvalue weighted by Crippen LogP contribution is 2.28. The highest BCUT2D eigenvalue weighted by Gasteiger charge is 2.30. The summed E-state index contributed by atoms with van der Waals surface area (Å²) in [4.78, 5) is 7.39. The molecular formula is C25H25ClN4O2S. The third kappa shape index (κ3) is 4.36. The van der Waals surface area contributed by atoms with Crippen LogP contribution in [0.3, 0.4) is 0 Å². The van der Waals surface area contributed by atoms with E-state index in [0.717, 1.165) is 22.5 Å². The molecule has 0 saturated carbocycles. The fourth-order valence-corrected chi connectivity index (χ4v) is 5.83. The van der Waals surface area contributed by atoms with Crippen LogP contribution in [0.2, 0.25) is 5.02 Å². The molecule has 1 fully saturated rings. The second kappa shape index (κ2) is 8.82. The van der Waals surface area contributed by atoms with Crippen LogP contribution in [0, 0.1) is 6.92 Å². The average Bonchev–Trinajstić information content (AvgIpc) is 3.17. The molecule has 0 unspecified atom stereocenters. The zero-order valence-corrected chi connectivity index (χ0v) is 19.9. The van der Waals surface area contributed by atoms with Gasteiger partial charge in [0.2, 0.25) is 16.0 Å². The molecule has 0 spiro atoms. The maximum atomic E-state index is 13.1. The molecule has 5 rings (SSSR count). The predicted molar refractivity (Wildman–Crippen MR) is 132 cm³/mol. The lowest BCUT2D eigenvalue weighted by atomic mass is 10.2. The quantitative estimate of drug-likeness (QED) is 0.420. The fourth-order valence-electron chi connectivity index (χ4n) is 4.24. The summed E-state index contributed by atoms with van der Waals surface area (Å²) in [6.45, 7) is 4.57. The Kier molecular flexibility index (Phi) is 5.86. The number of benzene rings is 3. The lowest BCUT2D eigenvalue weighted by Crippen LogP contribution is -2.49. The van der Waals surface area contributed by atoms with Crippen LogP contribution in [0.25, 0.3) is 11.0 Å². The van der Waals surface area contributed by atoms with Crippen LogP contribution in [0.1, 0.15) is 11.1 Å². The molecule has 1 aromatic heterocycles. The number of hydrogen-bond donors (Lipinski definition) is 0. The van der Waals surface area contributed by atoms with E-state index >= 15 is 0 Å². The maximum absolute atomic E-state index is 13.1. The predicted octanol–water partition coefficient (Wildman–Crippen LogP) is 4.56. The van der Waals surface area contributed by atoms with Gasteiger partial charge < -0.3 is 9.47 Å². The molecule has 1 saturated heterocycles. The van der Waals surface area contributed by atoms with Crippen molar-refractivity contribution in [1.82, 2.24) is 13.9 Å². The van der Waals surface area contributed by atoms with Gasteiger partial charge in [-0.2, -0.15) is 4.31 Å². The van der Waals surface area contributed by atoms with Gasteiger partial charge in [0.05, 0.1) is 22.5 Å². The van der Waals surface area contributed by atoms with Crippen LogP contribution in [-0.4, -0.2) is 48.5 Å². The largest absolute Gasteiger partial charge is 0.340 e. The van der Waals surface area contributed by atoms with Crippen molar-refractivity contribution in [3.63, 3.8) is 0 Å². The van der Waals surface area contributed by atoms with Crippen LogP contribution in [-0.2, 0) is 16.6 Å². The smallest absolute Gasteiger partial charge is 0.243 e. The minimum Gasteiger partial charge on any atom is -0.340 e. The van der Waals surface area contributed by atoms with E-state index in [1.807, 2.05) is 55.5 Å². The summed E-state index contributed by atoms with van der Waals surface area (Å²) in [7, 11) is -3.51. The van der Waals surface area contributed by atoms with Gasteiger partial charge in [-0.3, -0.25) is 0 Å². The van der Waals surface area contributed by atoms with E-state index in [1.54, 1.807) is 16.4 Å². The zero-order valence-electron chi connectivity index (χ0n) is 18.4. The molecule has 2 heterocycles. The molecule has 33 heavy (non-hydrogen) atoms. The van der Waals surface area contributed by atoms with E-state index in [9.17, 15) is 8.42 Å². The van der Waals surface area contributed by atoms with Crippen LogP contribution in [0.4, 0.5) is 5.95 Å². The normalized spacial score (nSPS) is 15.3. The molecular weight excluding hydrogens is 456 g/mol. The number of aryl methyl sites for hydroxylation is 1. The van der Waals surface area contributed by atoms with Gasteiger partial charge in [-0.25, -0.2) is 13.4 Å². The highest BCUT2D eigenvalue weighted by molar-refractivity contribution is 7.89. The molecule has 3 aromatic carbocycles. The number of anilines is 1. The Balaban J connectivity index is 1.42. The summed E-state index contributed by atoms with van der Waals surface area (Å²) < 4.78 is 30.0. The first-order valence-corrected chi connectivity index (χ1v) is 12.7. The summed E-state index contributed by atoms with van der Waals surface area (Å²) in [6.07, 6.45) is 0. The molecule has 170 valence electrons. The van der Waals surface area contributed by atoms with Crippen LogP contribution < -0.4 is 4.90 Å². The number of aromatic nitrogens is 2. The van der Waals surface area contributed by atoms with E-state index in [-0.39, 0.29) is 0 Å². The highest BCUT2D eigenvalue weighted by atomic mass is 35.5. The average molecular weight is 481 g/mol. The molecule has 6 nitrogen and oxygen atoms in total. The minimum atomic E-state index is -3.51. The van der Waals surface area contributed by atoms with Crippen molar-refractivity contribution in [2.24, 2.45) is 0 Å². The molecule has 1 aliphatic heterocycles. The molecule has 0 bridgehead atoms. The fraction of sp³-hybridized carbons (Fsp3) is 0.240. The topological polar surface area (TPSA) is 58.4 Å². The van der Waals surface area contributed by atoms with Gasteiger partial charge in [-0.1, -0.05) is 59.6 Å². The van der Waals surface area contributed by atoms with E-state index < -0.39 is 10.0 Å². The molecule has 0 N–H and O–H groups in total. The number of sulfonamides is 1. The van der Waals surface area contributed by atoms with Gasteiger partial charge in [0.25, 0.3) is 0 Å². The summed E-state index contributed by atoms with van der Waals surface area (Å²) in [5.74, 6) is 0.837. The van der Waals surface area contributed by atoms with E-state index in [1.165, 1.54) is 5.56 Å². The number of fused-ring (bicyclic) bond motifs is 1. The monoisotopic (exact) mass is 480 g/mol. The maximum Gasteiger partial charge on any atom is 0.243 e. The van der Waals surface area contributed by atoms with Crippen molar-refractivity contribution in [1.29, 1.82) is 0 Å². The summed E-state index contributed by atoms with van der Waals surface area (Å²) in [6, 6.07) is 23.0. The third-order valence-electron chi connectivity index (χ3n) is 6.05. The number of imidazole rings is 1. The second-order valence-corrected chi connectivity index (χ2v) is 10.7. The molecule has 0 aliphatic carbocycles. The van der Waals surface area contributed by atoms with Crippen molar-refractivity contribution >= 4 is 38.6 Å². The molecule has 0 atom stereocenters. The van der Waals surface area contributed by atoms with Gasteiger partial charge in [0.15, 0.2) is 0 Å². The van der Waals surface area contributed by atoms with Gasteiger partial charge in [-0.15, -0.1) is 0 Å². The summed E-state index contributed by atoms with van der Waals surface area (Å²) >= 11 is 6.23. The lowest BCUT2D eigenvalue weighted by Gasteiger charge is -2.34. The van der Waals surface area contributed by atoms with Gasteiger partial charge in [-0.05, 0) is 42.8 Å². The third-order valence-corrected chi connectivity index (χ3v) is 8.20. The van der Waals surface area contributed by atoms with Gasteiger partial charge in [0.1, 0.15) is 0 Å². The van der Waals surface area contributed by atoms with Crippen molar-refractivity contribution < 1.29 is 8.42 Å². The van der Waals surface area contributed by atoms with Gasteiger partial charge in [0, 0.05) is 31.2 Å². The Hall–Kier alpha value is -2.87. The number of halogens is 1. The van der Waals surface area contributed by atoms with E-state index in [4.69, 9.17) is 16.6 Å². The first-order chi connectivity index (χ1) is 15.9. The number of nitrogens with zero attached hydrogens (tertiary/aromatic N) is 4. The first-order valence-electron chi connectivity index (χ1n) is 10.9. The van der Waals surface area contributed by atoms with Crippen LogP contribution in [0.15, 0.2) is 77.7 Å². The standard InChI is InChI=1S/C25H25ClN4O2S/c1-19-7-10-22(11-8-19)33(31,32)29-15-13-28(14-16-29)25-27-23-17-21(26)9-12-24(23)30(25)18-20-5-3-2-4-6-20/h2-12,17H,13-16,18H2,1H3. The first kappa shape index (κ1) is 21.9. The van der Waals surface area contributed by atoms with Crippen molar-refractivity contribution in [3.8, 4) is 0 Å². The van der Waals surface area contributed by atoms with Crippen LogP contribution in [0.5, 0.6) is 0 Å². The summed E-state index contributed by atoms with van der Waals surface area (Å²) in [5, 5.41) is 0.646. The minimum absolute atomic E-state index is 0.340. The van der Waals surface area contributed by atoms with Crippen molar-refractivity contribution in [2.75, 3.05) is 31.1 Å². The molecule has 0 radical (unpaired) electrons. The van der Waals surface area contributed by atoms with E-state index in [2.05, 4.69) is 21.6 Å². The van der Waals surface area contributed by atoms with Gasteiger partial charge >= 0.3 is 0 Å². The summed E-state index contributed by atoms with van der Waals surface area (Å²) in [5.41, 5.74) is 4.06. The number of piperazine rings is 1. The van der Waals surface area contributed by atoms with Crippen molar-refractivity contribution in [2.45, 2.75) is 18.4 Å². The number of hydrogen-bond acceptors (Lipinski definition) is 4. The Morgan fingerprint density at radius 1 is 0.909 bits per heavy atom. The SMILES string of the molecule is Cc1ccc(S(=O)(=O)N2CCN(c3nc4cc(Cl)ccc4n3Cc3ccccc3)CC2)cc1. The molecule has 1 aliphatic rings. The molecule has 8 heteroatoms. The Morgan fingerprint density at radius 2 is 1.61 bits per heavy atom. The molecule has 0 amide bonds. The second-order valence-electron chi connectivity index (χ2n) is 8.32. The Bertz CT molecular complexity index is 1380.